The number of rotatable bonds is 4. The molecule has 0 bridgehead atoms. The lowest BCUT2D eigenvalue weighted by Gasteiger charge is -2.23. The van der Waals surface area contributed by atoms with E-state index in [0.29, 0.717) is 28.6 Å². The van der Waals surface area contributed by atoms with E-state index in [2.05, 4.69) is 91.2 Å². The molecule has 8 aromatic rings. The van der Waals surface area contributed by atoms with Gasteiger partial charge in [0.1, 0.15) is 0 Å². The largest absolute Gasteiger partial charge is 0.309 e. The molecule has 1 aliphatic carbocycles. The molecule has 0 saturated carbocycles. The molecule has 0 N–H and O–H groups in total. The normalized spacial score (nSPS) is 12.9. The smallest absolute Gasteiger partial charge is 0.165 e. The molecular formula is C43H29N5. The highest BCUT2D eigenvalue weighted by atomic mass is 15.0. The Morgan fingerprint density at radius 1 is 0.562 bits per heavy atom. The average Bonchev–Trinajstić information content (AvgIpc) is 3.60. The molecule has 5 nitrogen and oxygen atoms in total. The zero-order valence-electron chi connectivity index (χ0n) is 26.5. The van der Waals surface area contributed by atoms with Gasteiger partial charge in [0.15, 0.2) is 17.5 Å². The first-order valence-corrected chi connectivity index (χ1v) is 16.1. The van der Waals surface area contributed by atoms with Crippen molar-refractivity contribution in [3.8, 4) is 57.0 Å². The Morgan fingerprint density at radius 2 is 1.17 bits per heavy atom. The Kier molecular flexibility index (Phi) is 6.15. The van der Waals surface area contributed by atoms with Gasteiger partial charge in [0.05, 0.1) is 22.7 Å². The van der Waals surface area contributed by atoms with Gasteiger partial charge in [0, 0.05) is 38.6 Å². The van der Waals surface area contributed by atoms with Crippen molar-refractivity contribution in [3.63, 3.8) is 0 Å². The van der Waals surface area contributed by atoms with Crippen LogP contribution in [0.5, 0.6) is 0 Å². The minimum absolute atomic E-state index is 0.206. The Hall–Kier alpha value is -6.38. The second kappa shape index (κ2) is 10.6. The van der Waals surface area contributed by atoms with Crippen LogP contribution in [0.25, 0.3) is 72.8 Å². The predicted octanol–water partition coefficient (Wildman–Crippen LogP) is 10.1. The average molecular weight is 616 g/mol. The van der Waals surface area contributed by atoms with Crippen molar-refractivity contribution < 1.29 is 0 Å². The van der Waals surface area contributed by atoms with Gasteiger partial charge >= 0.3 is 0 Å². The highest BCUT2D eigenvalue weighted by Crippen LogP contribution is 2.52. The van der Waals surface area contributed by atoms with Crippen molar-refractivity contribution in [1.29, 1.82) is 5.26 Å². The summed E-state index contributed by atoms with van der Waals surface area (Å²) < 4.78 is 2.33. The molecule has 0 unspecified atom stereocenters. The fourth-order valence-corrected chi connectivity index (χ4v) is 7.47. The summed E-state index contributed by atoms with van der Waals surface area (Å²) in [6, 6.07) is 50.1. The van der Waals surface area contributed by atoms with Crippen LogP contribution in [0.3, 0.4) is 0 Å². The number of hydrogen-bond acceptors (Lipinski definition) is 4. The number of fused-ring (bicyclic) bond motifs is 7. The maximum Gasteiger partial charge on any atom is 0.165 e. The van der Waals surface area contributed by atoms with E-state index in [0.717, 1.165) is 22.3 Å². The Labute approximate surface area is 278 Å². The molecule has 5 heteroatoms. The zero-order chi connectivity index (χ0) is 32.4. The highest BCUT2D eigenvalue weighted by Gasteiger charge is 2.38. The molecule has 2 heterocycles. The van der Waals surface area contributed by atoms with E-state index >= 15 is 0 Å². The number of nitrogens with zero attached hydrogens (tertiary/aromatic N) is 5. The van der Waals surface area contributed by atoms with Gasteiger partial charge in [-0.25, -0.2) is 15.0 Å². The molecule has 6 aromatic carbocycles. The van der Waals surface area contributed by atoms with E-state index in [1.807, 2.05) is 72.8 Å². The first-order chi connectivity index (χ1) is 23.5. The summed E-state index contributed by atoms with van der Waals surface area (Å²) >= 11 is 0. The van der Waals surface area contributed by atoms with Crippen LogP contribution >= 0.6 is 0 Å². The molecule has 0 amide bonds. The van der Waals surface area contributed by atoms with Crippen LogP contribution < -0.4 is 0 Å². The van der Waals surface area contributed by atoms with Gasteiger partial charge < -0.3 is 4.57 Å². The number of aromatic nitrogens is 4. The van der Waals surface area contributed by atoms with Crippen LogP contribution in [0.2, 0.25) is 0 Å². The molecular weight excluding hydrogens is 587 g/mol. The fourth-order valence-electron chi connectivity index (χ4n) is 7.47. The summed E-state index contributed by atoms with van der Waals surface area (Å²) in [6.07, 6.45) is 0. The predicted molar refractivity (Wildman–Crippen MR) is 193 cm³/mol. The van der Waals surface area contributed by atoms with Gasteiger partial charge in [-0.3, -0.25) is 0 Å². The molecule has 0 fully saturated rings. The summed E-state index contributed by atoms with van der Waals surface area (Å²) in [5.41, 5.74) is 11.1. The van der Waals surface area contributed by atoms with Gasteiger partial charge in [0.25, 0.3) is 0 Å². The minimum atomic E-state index is -0.206. The maximum absolute atomic E-state index is 10.6. The molecule has 0 radical (unpaired) electrons. The number of para-hydroxylation sites is 1. The summed E-state index contributed by atoms with van der Waals surface area (Å²) in [6.45, 7) is 4.64. The van der Waals surface area contributed by atoms with Crippen molar-refractivity contribution in [2.24, 2.45) is 0 Å². The number of benzene rings is 6. The third-order valence-corrected chi connectivity index (χ3v) is 9.67. The van der Waals surface area contributed by atoms with E-state index < -0.39 is 0 Å². The van der Waals surface area contributed by atoms with Crippen LogP contribution in [0, 0.1) is 11.3 Å². The summed E-state index contributed by atoms with van der Waals surface area (Å²) in [5, 5.41) is 13.0. The molecule has 1 aliphatic rings. The van der Waals surface area contributed by atoms with Crippen molar-refractivity contribution in [2.45, 2.75) is 19.3 Å². The van der Waals surface area contributed by atoms with Crippen molar-refractivity contribution >= 4 is 21.8 Å². The second-order valence-corrected chi connectivity index (χ2v) is 12.8. The SMILES string of the molecule is CC1(C)c2ccccc2-c2ccc3c4ccccc4n(-c4ccc(-c5nc(-c6ccccc6)nc(-c6ccccc6)n5)c(C#N)c4)c3c21. The third kappa shape index (κ3) is 4.13. The van der Waals surface area contributed by atoms with Crippen LogP contribution in [-0.4, -0.2) is 19.5 Å². The molecule has 9 rings (SSSR count). The molecule has 0 aliphatic heterocycles. The monoisotopic (exact) mass is 615 g/mol. The van der Waals surface area contributed by atoms with E-state index in [4.69, 9.17) is 15.0 Å². The topological polar surface area (TPSA) is 67.4 Å². The van der Waals surface area contributed by atoms with E-state index in [1.54, 1.807) is 0 Å². The third-order valence-electron chi connectivity index (χ3n) is 9.67. The minimum Gasteiger partial charge on any atom is -0.309 e. The van der Waals surface area contributed by atoms with Crippen molar-refractivity contribution in [2.75, 3.05) is 0 Å². The second-order valence-electron chi connectivity index (χ2n) is 12.8. The molecule has 0 saturated heterocycles. The van der Waals surface area contributed by atoms with Crippen molar-refractivity contribution in [1.82, 2.24) is 19.5 Å². The van der Waals surface area contributed by atoms with Crippen LogP contribution in [0.4, 0.5) is 0 Å². The standard InChI is InChI=1S/C43H29N5/c1-43(2)36-19-11-9-17-32(36)34-23-24-35-33-18-10-12-20-37(33)48(39(35)38(34)43)30-21-22-31(29(25-30)26-44)42-46-40(27-13-5-3-6-14-27)45-41(47-42)28-15-7-4-8-16-28/h3-25H,1-2H3. The highest BCUT2D eigenvalue weighted by molar-refractivity contribution is 6.13. The summed E-state index contributed by atoms with van der Waals surface area (Å²) in [7, 11) is 0. The van der Waals surface area contributed by atoms with Crippen LogP contribution in [-0.2, 0) is 5.41 Å². The van der Waals surface area contributed by atoms with Gasteiger partial charge in [-0.2, -0.15) is 5.26 Å². The quantitative estimate of drug-likeness (QED) is 0.198. The van der Waals surface area contributed by atoms with Gasteiger partial charge in [-0.05, 0) is 46.5 Å². The zero-order valence-corrected chi connectivity index (χ0v) is 26.5. The maximum atomic E-state index is 10.6. The fraction of sp³-hybridized carbons (Fsp3) is 0.0698. The molecule has 0 spiro atoms. The summed E-state index contributed by atoms with van der Waals surface area (Å²) in [4.78, 5) is 14.7. The lowest BCUT2D eigenvalue weighted by atomic mass is 9.81. The van der Waals surface area contributed by atoms with Crippen LogP contribution in [0.15, 0.2) is 140 Å². The van der Waals surface area contributed by atoms with Gasteiger partial charge in [0.2, 0.25) is 0 Å². The van der Waals surface area contributed by atoms with Gasteiger partial charge in [-0.15, -0.1) is 0 Å². The Bertz CT molecular complexity index is 2530. The first kappa shape index (κ1) is 27.9. The summed E-state index contributed by atoms with van der Waals surface area (Å²) in [5.74, 6) is 1.59. The first-order valence-electron chi connectivity index (χ1n) is 16.1. The lowest BCUT2D eigenvalue weighted by molar-refractivity contribution is 0.664. The van der Waals surface area contributed by atoms with E-state index in [-0.39, 0.29) is 5.41 Å². The van der Waals surface area contributed by atoms with Crippen molar-refractivity contribution in [3.05, 3.63) is 156 Å². The number of hydrogen-bond donors (Lipinski definition) is 0. The van der Waals surface area contributed by atoms with E-state index in [1.165, 1.54) is 38.5 Å². The lowest BCUT2D eigenvalue weighted by Crippen LogP contribution is -2.16. The Morgan fingerprint density at radius 3 is 1.88 bits per heavy atom. The Balaban J connectivity index is 1.28. The molecule has 2 aromatic heterocycles. The van der Waals surface area contributed by atoms with Crippen LogP contribution in [0.1, 0.15) is 30.5 Å². The number of nitriles is 1. The molecule has 0 atom stereocenters. The molecule has 226 valence electrons. The molecule has 48 heavy (non-hydrogen) atoms. The van der Waals surface area contributed by atoms with E-state index in [9.17, 15) is 5.26 Å². The van der Waals surface area contributed by atoms with Gasteiger partial charge in [-0.1, -0.05) is 129 Å².